The number of carboxylic acids is 1. The highest BCUT2D eigenvalue weighted by Crippen LogP contribution is 2.22. The summed E-state index contributed by atoms with van der Waals surface area (Å²) in [6, 6.07) is 8.96. The Bertz CT molecular complexity index is 764. The third-order valence-electron chi connectivity index (χ3n) is 2.67. The molecular weight excluding hydrogens is 296 g/mol. The Hall–Kier alpha value is -2.48. The average Bonchev–Trinajstić information content (AvgIpc) is 2.89. The zero-order chi connectivity index (χ0) is 15.6. The molecule has 0 spiro atoms. The smallest absolute Gasteiger partial charge is 0.371 e. The predicted octanol–water partition coefficient (Wildman–Crippen LogP) is 1.84. The second kappa shape index (κ2) is 5.49. The van der Waals surface area contributed by atoms with Gasteiger partial charge in [0.05, 0.1) is 5.69 Å². The first kappa shape index (κ1) is 14.9. The highest BCUT2D eigenvalue weighted by Gasteiger charge is 2.21. The van der Waals surface area contributed by atoms with Crippen LogP contribution in [0.3, 0.4) is 0 Å². The average molecular weight is 310 g/mol. The molecule has 0 aliphatic rings. The first-order valence-electron chi connectivity index (χ1n) is 5.93. The van der Waals surface area contributed by atoms with Crippen molar-refractivity contribution in [3.05, 3.63) is 42.2 Å². The number of anilines is 2. The third-order valence-corrected chi connectivity index (χ3v) is 3.93. The summed E-state index contributed by atoms with van der Waals surface area (Å²) >= 11 is 0. The monoisotopic (exact) mass is 310 g/mol. The maximum atomic E-state index is 12.1. The molecule has 0 atom stereocenters. The normalized spacial score (nSPS) is 11.1. The quantitative estimate of drug-likeness (QED) is 0.874. The van der Waals surface area contributed by atoms with Gasteiger partial charge in [0, 0.05) is 19.8 Å². The van der Waals surface area contributed by atoms with Crippen molar-refractivity contribution < 1.29 is 22.7 Å². The largest absolute Gasteiger partial charge is 0.475 e. The number of carboxylic acid groups (broad SMARTS) is 1. The van der Waals surface area contributed by atoms with Crippen molar-refractivity contribution in [3.8, 4) is 0 Å². The molecule has 8 heteroatoms. The number of aromatic carboxylic acids is 1. The van der Waals surface area contributed by atoms with Crippen LogP contribution >= 0.6 is 0 Å². The van der Waals surface area contributed by atoms with Crippen LogP contribution in [0.2, 0.25) is 0 Å². The van der Waals surface area contributed by atoms with Crippen LogP contribution in [-0.2, 0) is 10.0 Å². The molecule has 0 aliphatic carbocycles. The molecule has 0 aliphatic heterocycles. The van der Waals surface area contributed by atoms with Crippen LogP contribution < -0.4 is 9.62 Å². The number of sulfonamides is 1. The molecule has 1 aromatic carbocycles. The van der Waals surface area contributed by atoms with Gasteiger partial charge in [-0.3, -0.25) is 4.72 Å². The van der Waals surface area contributed by atoms with Crippen molar-refractivity contribution in [2.75, 3.05) is 23.7 Å². The van der Waals surface area contributed by atoms with Crippen molar-refractivity contribution in [2.24, 2.45) is 0 Å². The van der Waals surface area contributed by atoms with E-state index in [2.05, 4.69) is 4.72 Å². The van der Waals surface area contributed by atoms with Crippen LogP contribution in [0.1, 0.15) is 10.6 Å². The topological polar surface area (TPSA) is 99.9 Å². The number of benzene rings is 1. The first-order valence-corrected chi connectivity index (χ1v) is 7.41. The van der Waals surface area contributed by atoms with E-state index in [9.17, 15) is 13.2 Å². The van der Waals surface area contributed by atoms with Gasteiger partial charge in [-0.2, -0.15) is 8.42 Å². The van der Waals surface area contributed by atoms with Crippen LogP contribution in [-0.4, -0.2) is 33.6 Å². The molecule has 7 nitrogen and oxygen atoms in total. The number of nitrogens with one attached hydrogen (secondary N) is 1. The Morgan fingerprint density at radius 2 is 1.95 bits per heavy atom. The predicted molar refractivity (Wildman–Crippen MR) is 77.2 cm³/mol. The van der Waals surface area contributed by atoms with E-state index in [0.717, 1.165) is 17.8 Å². The van der Waals surface area contributed by atoms with E-state index in [1.807, 2.05) is 25.1 Å². The zero-order valence-electron chi connectivity index (χ0n) is 11.4. The molecule has 0 radical (unpaired) electrons. The van der Waals surface area contributed by atoms with Crippen LogP contribution in [0.25, 0.3) is 0 Å². The van der Waals surface area contributed by atoms with Crippen LogP contribution in [0.15, 0.2) is 45.9 Å². The molecule has 0 fully saturated rings. The fourth-order valence-corrected chi connectivity index (χ4v) is 2.62. The molecular formula is C13H14N2O5S. The number of hydrogen-bond acceptors (Lipinski definition) is 5. The molecule has 2 aromatic rings. The molecule has 21 heavy (non-hydrogen) atoms. The van der Waals surface area contributed by atoms with E-state index < -0.39 is 26.8 Å². The van der Waals surface area contributed by atoms with Crippen molar-refractivity contribution in [3.63, 3.8) is 0 Å². The van der Waals surface area contributed by atoms with Crippen molar-refractivity contribution in [1.29, 1.82) is 0 Å². The lowest BCUT2D eigenvalue weighted by molar-refractivity contribution is 0.0656. The minimum Gasteiger partial charge on any atom is -0.475 e. The van der Waals surface area contributed by atoms with Gasteiger partial charge in [-0.25, -0.2) is 4.79 Å². The maximum Gasteiger partial charge on any atom is 0.371 e. The number of carbonyl (C=O) groups is 1. The SMILES string of the molecule is CN(C)c1cccc(NS(=O)(=O)c2ccc(C(=O)O)o2)c1. The standard InChI is InChI=1S/C13H14N2O5S/c1-15(2)10-5-3-4-9(8-10)14-21(18,19)12-7-6-11(20-12)13(16)17/h3-8,14H,1-2H3,(H,16,17). The maximum absolute atomic E-state index is 12.1. The summed E-state index contributed by atoms with van der Waals surface area (Å²) in [5.74, 6) is -1.76. The van der Waals surface area contributed by atoms with Gasteiger partial charge in [-0.1, -0.05) is 6.07 Å². The Labute approximate surface area is 121 Å². The van der Waals surface area contributed by atoms with E-state index in [-0.39, 0.29) is 0 Å². The van der Waals surface area contributed by atoms with Crippen LogP contribution in [0, 0.1) is 0 Å². The van der Waals surface area contributed by atoms with Crippen molar-refractivity contribution in [2.45, 2.75) is 5.09 Å². The molecule has 0 unspecified atom stereocenters. The fraction of sp³-hybridized carbons (Fsp3) is 0.154. The molecule has 112 valence electrons. The summed E-state index contributed by atoms with van der Waals surface area (Å²) in [7, 11) is -0.302. The summed E-state index contributed by atoms with van der Waals surface area (Å²) < 4.78 is 31.4. The summed E-state index contributed by atoms with van der Waals surface area (Å²) in [4.78, 5) is 12.5. The lowest BCUT2D eigenvalue weighted by atomic mass is 10.3. The summed E-state index contributed by atoms with van der Waals surface area (Å²) in [5, 5.41) is 8.29. The van der Waals surface area contributed by atoms with Gasteiger partial charge in [0.25, 0.3) is 10.0 Å². The zero-order valence-corrected chi connectivity index (χ0v) is 12.2. The summed E-state index contributed by atoms with van der Waals surface area (Å²) in [5.41, 5.74) is 1.18. The Morgan fingerprint density at radius 3 is 2.52 bits per heavy atom. The fourth-order valence-electron chi connectivity index (χ4n) is 1.63. The van der Waals surface area contributed by atoms with Crippen molar-refractivity contribution >= 4 is 27.4 Å². The number of hydrogen-bond donors (Lipinski definition) is 2. The molecule has 0 bridgehead atoms. The van der Waals surface area contributed by atoms with Gasteiger partial charge in [0.15, 0.2) is 0 Å². The van der Waals surface area contributed by atoms with Gasteiger partial charge in [0.2, 0.25) is 10.9 Å². The van der Waals surface area contributed by atoms with E-state index in [4.69, 9.17) is 9.52 Å². The Morgan fingerprint density at radius 1 is 1.24 bits per heavy atom. The molecule has 0 saturated heterocycles. The van der Waals surface area contributed by atoms with Gasteiger partial charge in [0.1, 0.15) is 0 Å². The highest BCUT2D eigenvalue weighted by molar-refractivity contribution is 7.92. The second-order valence-electron chi connectivity index (χ2n) is 4.47. The highest BCUT2D eigenvalue weighted by atomic mass is 32.2. The van der Waals surface area contributed by atoms with E-state index in [0.29, 0.717) is 5.69 Å². The van der Waals surface area contributed by atoms with E-state index in [1.165, 1.54) is 0 Å². The molecule has 2 rings (SSSR count). The van der Waals surface area contributed by atoms with E-state index >= 15 is 0 Å². The lowest BCUT2D eigenvalue weighted by Gasteiger charge is -2.14. The minimum atomic E-state index is -3.97. The van der Waals surface area contributed by atoms with Crippen LogP contribution in [0.5, 0.6) is 0 Å². The third kappa shape index (κ3) is 3.34. The van der Waals surface area contributed by atoms with Gasteiger partial charge in [-0.15, -0.1) is 0 Å². The molecule has 0 saturated carbocycles. The van der Waals surface area contributed by atoms with Gasteiger partial charge < -0.3 is 14.4 Å². The minimum absolute atomic E-state index is 0.356. The second-order valence-corrected chi connectivity index (χ2v) is 6.09. The van der Waals surface area contributed by atoms with Gasteiger partial charge in [-0.05, 0) is 30.3 Å². The Kier molecular flexibility index (Phi) is 3.90. The molecule has 1 heterocycles. The Balaban J connectivity index is 2.28. The number of nitrogens with zero attached hydrogens (tertiary/aromatic N) is 1. The number of rotatable bonds is 5. The van der Waals surface area contributed by atoms with Gasteiger partial charge >= 0.3 is 5.97 Å². The van der Waals surface area contributed by atoms with Crippen LogP contribution in [0.4, 0.5) is 11.4 Å². The molecule has 2 N–H and O–H groups in total. The number of furan rings is 1. The molecule has 0 amide bonds. The van der Waals surface area contributed by atoms with E-state index in [1.54, 1.807) is 18.2 Å². The van der Waals surface area contributed by atoms with Crippen molar-refractivity contribution in [1.82, 2.24) is 0 Å². The first-order chi connectivity index (χ1) is 9.79. The molecule has 1 aromatic heterocycles. The summed E-state index contributed by atoms with van der Waals surface area (Å²) in [6.07, 6.45) is 0. The lowest BCUT2D eigenvalue weighted by Crippen LogP contribution is -2.13. The summed E-state index contributed by atoms with van der Waals surface area (Å²) in [6.45, 7) is 0.